The summed E-state index contributed by atoms with van der Waals surface area (Å²) in [5.74, 6) is 1.52. The molecule has 0 aliphatic carbocycles. The second kappa shape index (κ2) is 4.35. The second-order valence-corrected chi connectivity index (χ2v) is 2.86. The van der Waals surface area contributed by atoms with Crippen LogP contribution in [-0.2, 0) is 11.2 Å². The first-order valence-electron chi connectivity index (χ1n) is 3.39. The highest BCUT2D eigenvalue weighted by molar-refractivity contribution is 7.99. The van der Waals surface area contributed by atoms with Gasteiger partial charge in [-0.25, -0.2) is 4.98 Å². The summed E-state index contributed by atoms with van der Waals surface area (Å²) in [6, 6.07) is 0. The Hall–Kier alpha value is -0.550. The van der Waals surface area contributed by atoms with Crippen LogP contribution in [0.15, 0.2) is 5.16 Å². The van der Waals surface area contributed by atoms with E-state index >= 15 is 0 Å². The van der Waals surface area contributed by atoms with Gasteiger partial charge < -0.3 is 4.74 Å². The van der Waals surface area contributed by atoms with Crippen LogP contribution in [0.25, 0.3) is 0 Å². The Bertz CT molecular complexity index is 213. The van der Waals surface area contributed by atoms with Crippen molar-refractivity contribution in [2.75, 3.05) is 13.0 Å². The minimum absolute atomic E-state index is 0.598. The van der Waals surface area contributed by atoms with Gasteiger partial charge in [-0.1, -0.05) is 18.7 Å². The van der Waals surface area contributed by atoms with Crippen LogP contribution in [0, 0.1) is 0 Å². The lowest BCUT2D eigenvalue weighted by molar-refractivity contribution is 0.258. The standard InChI is InChI=1S/C6H11N3OS/c1-3-5-7-6(9-8-5)11-4-10-2/h3-4H2,1-2H3,(H,7,8,9). The smallest absolute Gasteiger partial charge is 0.210 e. The molecule has 0 aromatic carbocycles. The molecule has 0 unspecified atom stereocenters. The molecule has 0 saturated heterocycles. The summed E-state index contributed by atoms with van der Waals surface area (Å²) in [6.07, 6.45) is 0.889. The molecule has 5 heteroatoms. The molecule has 1 rings (SSSR count). The number of H-pyrrole nitrogens is 1. The number of aromatic amines is 1. The Morgan fingerprint density at radius 1 is 1.64 bits per heavy atom. The Balaban J connectivity index is 2.44. The number of nitrogens with zero attached hydrogens (tertiary/aromatic N) is 2. The molecule has 0 aliphatic rings. The van der Waals surface area contributed by atoms with Crippen molar-refractivity contribution < 1.29 is 4.74 Å². The molecule has 0 atom stereocenters. The molecule has 62 valence electrons. The maximum Gasteiger partial charge on any atom is 0.210 e. The molecule has 0 fully saturated rings. The summed E-state index contributed by atoms with van der Waals surface area (Å²) in [5.41, 5.74) is 0. The van der Waals surface area contributed by atoms with Crippen molar-refractivity contribution in [3.63, 3.8) is 0 Å². The molecule has 0 amide bonds. The maximum atomic E-state index is 4.86. The minimum Gasteiger partial charge on any atom is -0.374 e. The third-order valence-electron chi connectivity index (χ3n) is 1.15. The zero-order valence-corrected chi connectivity index (χ0v) is 7.44. The van der Waals surface area contributed by atoms with E-state index < -0.39 is 0 Å². The van der Waals surface area contributed by atoms with E-state index in [0.29, 0.717) is 5.94 Å². The second-order valence-electron chi connectivity index (χ2n) is 1.97. The average Bonchev–Trinajstić information content (AvgIpc) is 2.48. The molecule has 0 spiro atoms. The number of nitrogens with one attached hydrogen (secondary N) is 1. The fourth-order valence-electron chi connectivity index (χ4n) is 0.612. The largest absolute Gasteiger partial charge is 0.374 e. The van der Waals surface area contributed by atoms with E-state index in [0.717, 1.165) is 17.4 Å². The molecule has 0 saturated carbocycles. The van der Waals surface area contributed by atoms with Crippen LogP contribution in [0.2, 0.25) is 0 Å². The third kappa shape index (κ3) is 2.51. The third-order valence-corrected chi connectivity index (χ3v) is 1.95. The molecule has 1 N–H and O–H groups in total. The zero-order valence-electron chi connectivity index (χ0n) is 6.63. The normalized spacial score (nSPS) is 10.4. The minimum atomic E-state index is 0.598. The van der Waals surface area contributed by atoms with Gasteiger partial charge in [0, 0.05) is 13.5 Å². The van der Waals surface area contributed by atoms with E-state index in [1.54, 1.807) is 7.11 Å². The predicted molar refractivity (Wildman–Crippen MR) is 43.5 cm³/mol. The van der Waals surface area contributed by atoms with Crippen molar-refractivity contribution in [2.45, 2.75) is 18.5 Å². The molecule has 0 radical (unpaired) electrons. The molecular formula is C6H11N3OS. The van der Waals surface area contributed by atoms with E-state index in [1.165, 1.54) is 11.8 Å². The first-order valence-corrected chi connectivity index (χ1v) is 4.38. The van der Waals surface area contributed by atoms with Gasteiger partial charge in [0.15, 0.2) is 0 Å². The summed E-state index contributed by atoms with van der Waals surface area (Å²) in [7, 11) is 1.65. The topological polar surface area (TPSA) is 50.8 Å². The quantitative estimate of drug-likeness (QED) is 0.546. The van der Waals surface area contributed by atoms with Crippen molar-refractivity contribution in [1.82, 2.24) is 15.2 Å². The molecule has 4 nitrogen and oxygen atoms in total. The van der Waals surface area contributed by atoms with Crippen molar-refractivity contribution in [3.05, 3.63) is 5.82 Å². The maximum absolute atomic E-state index is 4.86. The molecule has 0 bridgehead atoms. The monoisotopic (exact) mass is 173 g/mol. The van der Waals surface area contributed by atoms with Gasteiger partial charge in [-0.15, -0.1) is 5.10 Å². The number of ether oxygens (including phenoxy) is 1. The number of hydrogen-bond donors (Lipinski definition) is 1. The lowest BCUT2D eigenvalue weighted by Crippen LogP contribution is -1.83. The SMILES string of the molecule is CCc1nc(SCOC)n[nH]1. The summed E-state index contributed by atoms with van der Waals surface area (Å²) in [6.45, 7) is 2.03. The van der Waals surface area contributed by atoms with E-state index in [2.05, 4.69) is 15.2 Å². The highest BCUT2D eigenvalue weighted by Gasteiger charge is 1.99. The van der Waals surface area contributed by atoms with Crippen LogP contribution in [0.5, 0.6) is 0 Å². The number of rotatable bonds is 4. The van der Waals surface area contributed by atoms with Gasteiger partial charge in [0.1, 0.15) is 5.82 Å². The first-order chi connectivity index (χ1) is 5.36. The average molecular weight is 173 g/mol. The Morgan fingerprint density at radius 3 is 3.00 bits per heavy atom. The Kier molecular flexibility index (Phi) is 3.38. The zero-order chi connectivity index (χ0) is 8.10. The van der Waals surface area contributed by atoms with Crippen molar-refractivity contribution >= 4 is 11.8 Å². The number of thioether (sulfide) groups is 1. The fourth-order valence-corrected chi connectivity index (χ4v) is 1.12. The molecule has 1 aromatic rings. The van der Waals surface area contributed by atoms with Crippen LogP contribution in [-0.4, -0.2) is 28.2 Å². The highest BCUT2D eigenvalue weighted by atomic mass is 32.2. The van der Waals surface area contributed by atoms with Gasteiger partial charge in [-0.3, -0.25) is 5.10 Å². The lowest BCUT2D eigenvalue weighted by atomic mass is 10.5. The number of methoxy groups -OCH3 is 1. The van der Waals surface area contributed by atoms with Gasteiger partial charge in [-0.2, -0.15) is 0 Å². The molecular weight excluding hydrogens is 162 g/mol. The highest BCUT2D eigenvalue weighted by Crippen LogP contribution is 2.11. The van der Waals surface area contributed by atoms with E-state index in [-0.39, 0.29) is 0 Å². The summed E-state index contributed by atoms with van der Waals surface area (Å²) in [4.78, 5) is 4.18. The van der Waals surface area contributed by atoms with Crippen LogP contribution in [0.3, 0.4) is 0 Å². The lowest BCUT2D eigenvalue weighted by Gasteiger charge is -1.90. The van der Waals surface area contributed by atoms with Gasteiger partial charge >= 0.3 is 0 Å². The number of hydrogen-bond acceptors (Lipinski definition) is 4. The van der Waals surface area contributed by atoms with E-state index in [1.807, 2.05) is 6.92 Å². The van der Waals surface area contributed by atoms with E-state index in [4.69, 9.17) is 4.74 Å². The molecule has 11 heavy (non-hydrogen) atoms. The van der Waals surface area contributed by atoms with Gasteiger partial charge in [0.05, 0.1) is 5.94 Å². The molecule has 0 aliphatic heterocycles. The summed E-state index contributed by atoms with van der Waals surface area (Å²) >= 11 is 1.48. The van der Waals surface area contributed by atoms with Crippen LogP contribution >= 0.6 is 11.8 Å². The summed E-state index contributed by atoms with van der Waals surface area (Å²) < 4.78 is 4.86. The van der Waals surface area contributed by atoms with Crippen molar-refractivity contribution in [2.24, 2.45) is 0 Å². The van der Waals surface area contributed by atoms with Crippen LogP contribution in [0.1, 0.15) is 12.7 Å². The Labute approximate surface area is 69.7 Å². The number of aryl methyl sites for hydroxylation is 1. The summed E-state index contributed by atoms with van der Waals surface area (Å²) in [5, 5.41) is 7.55. The predicted octanol–water partition coefficient (Wildman–Crippen LogP) is 1.06. The van der Waals surface area contributed by atoms with Gasteiger partial charge in [0.25, 0.3) is 0 Å². The van der Waals surface area contributed by atoms with Crippen molar-refractivity contribution in [1.29, 1.82) is 0 Å². The van der Waals surface area contributed by atoms with Gasteiger partial charge in [0.2, 0.25) is 5.16 Å². The van der Waals surface area contributed by atoms with E-state index in [9.17, 15) is 0 Å². The molecule has 1 aromatic heterocycles. The van der Waals surface area contributed by atoms with Crippen molar-refractivity contribution in [3.8, 4) is 0 Å². The Morgan fingerprint density at radius 2 is 2.45 bits per heavy atom. The first kappa shape index (κ1) is 8.55. The fraction of sp³-hybridized carbons (Fsp3) is 0.667. The van der Waals surface area contributed by atoms with Crippen LogP contribution < -0.4 is 0 Å². The number of aromatic nitrogens is 3. The van der Waals surface area contributed by atoms with Crippen LogP contribution in [0.4, 0.5) is 0 Å². The molecule has 1 heterocycles. The van der Waals surface area contributed by atoms with Gasteiger partial charge in [-0.05, 0) is 0 Å².